The normalized spacial score (nSPS) is 20.8. The van der Waals surface area contributed by atoms with Gasteiger partial charge >= 0.3 is 0 Å². The molecule has 202 valence electrons. The minimum atomic E-state index is 0. The second-order valence-electron chi connectivity index (χ2n) is 9.94. The second kappa shape index (κ2) is 15.6. The summed E-state index contributed by atoms with van der Waals surface area (Å²) in [5, 5.41) is 8.99. The number of unbranched alkanes of at least 4 members (excludes halogenated alkanes) is 1. The van der Waals surface area contributed by atoms with Crippen molar-refractivity contribution in [2.45, 2.75) is 76.9 Å². The first-order chi connectivity index (χ1) is 16.7. The zero-order valence-corrected chi connectivity index (χ0v) is 23.6. The van der Waals surface area contributed by atoms with Crippen molar-refractivity contribution in [2.24, 2.45) is 5.92 Å². The van der Waals surface area contributed by atoms with Gasteiger partial charge in [0, 0.05) is 37.7 Å². The van der Waals surface area contributed by atoms with Crippen molar-refractivity contribution in [1.82, 2.24) is 15.1 Å². The first kappa shape index (κ1) is 30.6. The van der Waals surface area contributed by atoms with E-state index in [-0.39, 0.29) is 30.9 Å². The molecule has 0 bridgehead atoms. The predicted molar refractivity (Wildman–Crippen MR) is 150 cm³/mol. The molecule has 1 aliphatic carbocycles. The number of aromatic nitrogens is 2. The number of nitrogens with zero attached hydrogens (tertiary/aromatic N) is 3. The molecule has 1 aromatic heterocycles. The van der Waals surface area contributed by atoms with Crippen LogP contribution < -0.4 is 9.47 Å². The molecule has 1 aliphatic heterocycles. The summed E-state index contributed by atoms with van der Waals surface area (Å²) in [6, 6.07) is 10.5. The number of benzene rings is 1. The molecule has 2 aromatic rings. The molecular weight excluding hydrogens is 497 g/mol. The van der Waals surface area contributed by atoms with Gasteiger partial charge in [0.05, 0.1) is 24.5 Å². The fourth-order valence-electron chi connectivity index (χ4n) is 5.19. The Morgan fingerprint density at radius 2 is 1.75 bits per heavy atom. The maximum Gasteiger partial charge on any atom is 0.234 e. The third-order valence-electron chi connectivity index (χ3n) is 7.25. The maximum atomic E-state index is 6.23. The Kier molecular flexibility index (Phi) is 13.3. The van der Waals surface area contributed by atoms with Gasteiger partial charge in [-0.2, -0.15) is 5.10 Å². The van der Waals surface area contributed by atoms with Crippen LogP contribution in [0.3, 0.4) is 0 Å². The molecule has 0 N–H and O–H groups in total. The van der Waals surface area contributed by atoms with Crippen LogP contribution in [0.2, 0.25) is 0 Å². The van der Waals surface area contributed by atoms with Gasteiger partial charge in [-0.3, -0.25) is 0 Å². The Balaban J connectivity index is 0.00000228. The molecule has 0 radical (unpaired) electrons. The Hall–Kier alpha value is -1.60. The average Bonchev–Trinajstić information content (AvgIpc) is 2.87. The number of piperidine rings is 1. The van der Waals surface area contributed by atoms with E-state index in [0.717, 1.165) is 61.3 Å². The summed E-state index contributed by atoms with van der Waals surface area (Å²) in [6.07, 6.45) is 11.0. The summed E-state index contributed by atoms with van der Waals surface area (Å²) in [5.74, 6) is 1.86. The fourth-order valence-corrected chi connectivity index (χ4v) is 5.19. The van der Waals surface area contributed by atoms with Crippen molar-refractivity contribution >= 4 is 24.8 Å². The van der Waals surface area contributed by atoms with Crippen molar-refractivity contribution in [1.29, 1.82) is 0 Å². The van der Waals surface area contributed by atoms with E-state index in [1.807, 2.05) is 0 Å². The summed E-state index contributed by atoms with van der Waals surface area (Å²) in [6.45, 7) is 4.82. The third kappa shape index (κ3) is 8.47. The number of ether oxygens (including phenoxy) is 3. The molecule has 0 amide bonds. The van der Waals surface area contributed by atoms with Crippen LogP contribution in [0.1, 0.15) is 64.0 Å². The van der Waals surface area contributed by atoms with E-state index < -0.39 is 0 Å². The topological polar surface area (TPSA) is 56.7 Å². The van der Waals surface area contributed by atoms with Crippen LogP contribution in [-0.4, -0.2) is 61.2 Å². The number of likely N-dealkylation sites (tertiary alicyclic amines) is 1. The van der Waals surface area contributed by atoms with E-state index in [2.05, 4.69) is 59.4 Å². The highest BCUT2D eigenvalue weighted by Crippen LogP contribution is 2.30. The standard InChI is InChI=1S/C28H41N3O3.2ClH/c1-4-5-11-26-25(21-12-14-24(15-13-21)34-23-9-7-6-8-10-23)18-28(30-29-26)33-20-22-19-31(2)17-16-27(22)32-3;;/h12-15,18,22-23,27H,4-11,16-17,19-20H2,1-3H3;2*1H/t22-,27+;;/m0../s1. The summed E-state index contributed by atoms with van der Waals surface area (Å²) in [7, 11) is 3.95. The zero-order chi connectivity index (χ0) is 23.8. The van der Waals surface area contributed by atoms with E-state index in [0.29, 0.717) is 24.5 Å². The van der Waals surface area contributed by atoms with Gasteiger partial charge in [-0.05, 0) is 69.7 Å². The highest BCUT2D eigenvalue weighted by atomic mass is 35.5. The molecule has 1 aromatic carbocycles. The van der Waals surface area contributed by atoms with Gasteiger partial charge in [-0.1, -0.05) is 31.9 Å². The maximum absolute atomic E-state index is 6.23. The van der Waals surface area contributed by atoms with Crippen molar-refractivity contribution < 1.29 is 14.2 Å². The monoisotopic (exact) mass is 539 g/mol. The van der Waals surface area contributed by atoms with Gasteiger partial charge in [0.1, 0.15) is 5.75 Å². The number of hydrogen-bond donors (Lipinski definition) is 0. The minimum absolute atomic E-state index is 0. The Morgan fingerprint density at radius 3 is 2.44 bits per heavy atom. The molecule has 2 heterocycles. The number of hydrogen-bond acceptors (Lipinski definition) is 6. The summed E-state index contributed by atoms with van der Waals surface area (Å²) in [4.78, 5) is 2.34. The van der Waals surface area contributed by atoms with Crippen LogP contribution in [0.5, 0.6) is 11.6 Å². The van der Waals surface area contributed by atoms with Crippen LogP contribution in [0, 0.1) is 5.92 Å². The third-order valence-corrected chi connectivity index (χ3v) is 7.25. The van der Waals surface area contributed by atoms with Gasteiger partial charge in [0.25, 0.3) is 0 Å². The first-order valence-corrected chi connectivity index (χ1v) is 13.1. The van der Waals surface area contributed by atoms with Gasteiger partial charge in [-0.15, -0.1) is 29.9 Å². The molecule has 0 spiro atoms. The lowest BCUT2D eigenvalue weighted by Crippen LogP contribution is -2.44. The van der Waals surface area contributed by atoms with Crippen LogP contribution in [0.4, 0.5) is 0 Å². The van der Waals surface area contributed by atoms with E-state index in [4.69, 9.17) is 14.2 Å². The molecule has 2 aliphatic rings. The van der Waals surface area contributed by atoms with E-state index in [1.165, 1.54) is 32.1 Å². The van der Waals surface area contributed by atoms with Crippen molar-refractivity contribution in [3.05, 3.63) is 36.0 Å². The van der Waals surface area contributed by atoms with Crippen LogP contribution in [-0.2, 0) is 11.2 Å². The number of rotatable bonds is 10. The number of aryl methyl sites for hydroxylation is 1. The highest BCUT2D eigenvalue weighted by Gasteiger charge is 2.28. The molecule has 4 rings (SSSR count). The molecule has 6 nitrogen and oxygen atoms in total. The van der Waals surface area contributed by atoms with E-state index in [9.17, 15) is 0 Å². The lowest BCUT2D eigenvalue weighted by Gasteiger charge is -2.35. The van der Waals surface area contributed by atoms with Gasteiger partial charge in [-0.25, -0.2) is 0 Å². The molecule has 1 saturated carbocycles. The molecule has 36 heavy (non-hydrogen) atoms. The fraction of sp³-hybridized carbons (Fsp3) is 0.643. The van der Waals surface area contributed by atoms with Crippen molar-refractivity contribution in [2.75, 3.05) is 33.9 Å². The molecular formula is C28H43Cl2N3O3. The molecule has 2 fully saturated rings. The summed E-state index contributed by atoms with van der Waals surface area (Å²) in [5.41, 5.74) is 3.27. The van der Waals surface area contributed by atoms with Gasteiger partial charge in [0.2, 0.25) is 5.88 Å². The SMILES string of the molecule is CCCCc1nnc(OC[C@@H]2CN(C)CC[C@H]2OC)cc1-c1ccc(OC2CCCCC2)cc1.Cl.Cl. The van der Waals surface area contributed by atoms with Crippen LogP contribution >= 0.6 is 24.8 Å². The van der Waals surface area contributed by atoms with Gasteiger partial charge in [0.15, 0.2) is 0 Å². The number of halogens is 2. The lowest BCUT2D eigenvalue weighted by molar-refractivity contribution is -0.0173. The van der Waals surface area contributed by atoms with Crippen molar-refractivity contribution in [3.63, 3.8) is 0 Å². The molecule has 0 unspecified atom stereocenters. The largest absolute Gasteiger partial charge is 0.490 e. The van der Waals surface area contributed by atoms with Crippen LogP contribution in [0.25, 0.3) is 11.1 Å². The zero-order valence-electron chi connectivity index (χ0n) is 22.0. The Morgan fingerprint density at radius 1 is 1.00 bits per heavy atom. The quantitative estimate of drug-likeness (QED) is 0.348. The number of methoxy groups -OCH3 is 1. The summed E-state index contributed by atoms with van der Waals surface area (Å²) >= 11 is 0. The van der Waals surface area contributed by atoms with Gasteiger partial charge < -0.3 is 19.1 Å². The average molecular weight is 541 g/mol. The van der Waals surface area contributed by atoms with Crippen LogP contribution in [0.15, 0.2) is 30.3 Å². The second-order valence-corrected chi connectivity index (χ2v) is 9.94. The Bertz CT molecular complexity index is 894. The first-order valence-electron chi connectivity index (χ1n) is 13.1. The predicted octanol–water partition coefficient (Wildman–Crippen LogP) is 6.39. The van der Waals surface area contributed by atoms with E-state index >= 15 is 0 Å². The minimum Gasteiger partial charge on any atom is -0.490 e. The van der Waals surface area contributed by atoms with E-state index in [1.54, 1.807) is 7.11 Å². The lowest BCUT2D eigenvalue weighted by atomic mass is 9.96. The summed E-state index contributed by atoms with van der Waals surface area (Å²) < 4.78 is 18.1. The Labute approximate surface area is 229 Å². The van der Waals surface area contributed by atoms with Crippen molar-refractivity contribution in [3.8, 4) is 22.8 Å². The highest BCUT2D eigenvalue weighted by molar-refractivity contribution is 5.85. The molecule has 1 saturated heterocycles. The molecule has 2 atom stereocenters. The molecule has 8 heteroatoms. The smallest absolute Gasteiger partial charge is 0.234 e.